The van der Waals surface area contributed by atoms with Gasteiger partial charge in [-0.25, -0.2) is 9.59 Å². The van der Waals surface area contributed by atoms with Gasteiger partial charge in [0.1, 0.15) is 46.9 Å². The summed E-state index contributed by atoms with van der Waals surface area (Å²) >= 11 is 0. The van der Waals surface area contributed by atoms with Crippen LogP contribution in [0.15, 0.2) is 70.5 Å². The van der Waals surface area contributed by atoms with Crippen molar-refractivity contribution >= 4 is 33.7 Å². The first-order valence-corrected chi connectivity index (χ1v) is 20.9. The molecule has 0 saturated heterocycles. The average Bonchev–Trinajstić information content (AvgIpc) is 3.98. The number of methoxy groups -OCH3 is 2. The number of aromatic carboxylic acids is 2. The van der Waals surface area contributed by atoms with Crippen molar-refractivity contribution in [1.82, 2.24) is 28.7 Å². The summed E-state index contributed by atoms with van der Waals surface area (Å²) in [5.74, 6) is -1.07. The Hall–Kier alpha value is -6.26. The van der Waals surface area contributed by atoms with Crippen LogP contribution in [0.4, 0.5) is 0 Å². The number of benzene rings is 2. The van der Waals surface area contributed by atoms with Gasteiger partial charge in [0.05, 0.1) is 60.2 Å². The van der Waals surface area contributed by atoms with Crippen LogP contribution in [-0.2, 0) is 9.47 Å². The van der Waals surface area contributed by atoms with Gasteiger partial charge in [-0.2, -0.15) is 10.2 Å². The molecule has 4 aliphatic rings. The summed E-state index contributed by atoms with van der Waals surface area (Å²) in [6.07, 6.45) is 6.84. The largest absolute Gasteiger partial charge is 0.489 e. The summed E-state index contributed by atoms with van der Waals surface area (Å²) in [4.78, 5) is 48.6. The van der Waals surface area contributed by atoms with E-state index in [0.29, 0.717) is 49.3 Å². The molecule has 2 aliphatic heterocycles. The second-order valence-corrected chi connectivity index (χ2v) is 18.0. The first kappa shape index (κ1) is 41.1. The molecule has 6 aromatic rings. The first-order chi connectivity index (χ1) is 29.7. The van der Waals surface area contributed by atoms with Gasteiger partial charge < -0.3 is 38.3 Å². The van der Waals surface area contributed by atoms with Gasteiger partial charge in [-0.1, -0.05) is 52.0 Å². The van der Waals surface area contributed by atoms with E-state index in [9.17, 15) is 29.4 Å². The molecular formula is C46H50N6O10. The lowest BCUT2D eigenvalue weighted by atomic mass is 9.84. The van der Waals surface area contributed by atoms with Crippen LogP contribution >= 0.6 is 0 Å². The Morgan fingerprint density at radius 3 is 1.44 bits per heavy atom. The van der Waals surface area contributed by atoms with Crippen molar-refractivity contribution in [2.24, 2.45) is 10.8 Å². The Bertz CT molecular complexity index is 2710. The van der Waals surface area contributed by atoms with Crippen molar-refractivity contribution in [3.63, 3.8) is 0 Å². The summed E-state index contributed by atoms with van der Waals surface area (Å²) in [6, 6.07) is 14.6. The highest BCUT2D eigenvalue weighted by Gasteiger charge is 2.50. The van der Waals surface area contributed by atoms with Crippen molar-refractivity contribution in [3.05, 3.63) is 92.5 Å². The van der Waals surface area contributed by atoms with E-state index in [1.54, 1.807) is 14.2 Å². The van der Waals surface area contributed by atoms with E-state index in [1.807, 2.05) is 54.9 Å². The third-order valence-corrected chi connectivity index (χ3v) is 13.3. The molecule has 62 heavy (non-hydrogen) atoms. The molecule has 6 heterocycles. The molecule has 2 fully saturated rings. The molecule has 16 nitrogen and oxygen atoms in total. The summed E-state index contributed by atoms with van der Waals surface area (Å²) < 4.78 is 30.0. The number of ether oxygens (including phenoxy) is 4. The number of pyridine rings is 2. The highest BCUT2D eigenvalue weighted by molar-refractivity contribution is 5.98. The van der Waals surface area contributed by atoms with Gasteiger partial charge in [0.25, 0.3) is 0 Å². The number of fused-ring (bicyclic) bond motifs is 16. The van der Waals surface area contributed by atoms with E-state index in [-0.39, 0.29) is 46.1 Å². The number of carboxylic acid groups (broad SMARTS) is 2. The van der Waals surface area contributed by atoms with Crippen LogP contribution < -0.4 is 20.3 Å². The van der Waals surface area contributed by atoms with Crippen LogP contribution in [-0.4, -0.2) is 91.5 Å². The molecule has 2 aromatic carbocycles. The summed E-state index contributed by atoms with van der Waals surface area (Å²) in [7, 11) is 3.25. The Kier molecular flexibility index (Phi) is 10.1. The summed E-state index contributed by atoms with van der Waals surface area (Å²) in [5.41, 5.74) is 2.99. The second kappa shape index (κ2) is 15.3. The molecule has 4 aromatic heterocycles. The molecule has 16 heteroatoms. The van der Waals surface area contributed by atoms with Crippen LogP contribution in [0.5, 0.6) is 11.5 Å². The zero-order chi connectivity index (χ0) is 43.8. The van der Waals surface area contributed by atoms with Crippen molar-refractivity contribution < 1.29 is 38.7 Å². The van der Waals surface area contributed by atoms with Gasteiger partial charge in [0.2, 0.25) is 0 Å². The number of rotatable bonds is 10. The lowest BCUT2D eigenvalue weighted by molar-refractivity contribution is 0.0682. The highest BCUT2D eigenvalue weighted by Crippen LogP contribution is 2.58. The summed E-state index contributed by atoms with van der Waals surface area (Å²) in [5, 5.41) is 30.8. The Balaban J connectivity index is 0.000000158. The van der Waals surface area contributed by atoms with E-state index in [2.05, 4.69) is 27.7 Å². The SMILES string of the molecule is COCCOc1cccc2c3n(nc12)[C@@H]1CCC(C)(C)[C@@H]1n1cc(C(=O)O)c(=O)cc1-3.COCCOc1cccc2c3n(nc12)[C@H]1CCC(C)(C)[C@H]1n1cc(C(=O)O)c(=O)cc1-3. The third kappa shape index (κ3) is 6.49. The van der Waals surface area contributed by atoms with Gasteiger partial charge in [-0.15, -0.1) is 0 Å². The lowest BCUT2D eigenvalue weighted by Crippen LogP contribution is -2.35. The van der Waals surface area contributed by atoms with Crippen LogP contribution in [0.25, 0.3) is 44.6 Å². The predicted molar refractivity (Wildman–Crippen MR) is 230 cm³/mol. The minimum absolute atomic E-state index is 0.000807. The molecule has 2 saturated carbocycles. The number of carbonyl (C=O) groups is 2. The second-order valence-electron chi connectivity index (χ2n) is 18.0. The molecule has 324 valence electrons. The number of hydrogen-bond acceptors (Lipinski definition) is 10. The van der Waals surface area contributed by atoms with Gasteiger partial charge in [0.15, 0.2) is 10.9 Å². The third-order valence-electron chi connectivity index (χ3n) is 13.3. The first-order valence-electron chi connectivity index (χ1n) is 20.9. The highest BCUT2D eigenvalue weighted by atomic mass is 16.5. The van der Waals surface area contributed by atoms with Gasteiger partial charge in [0, 0.05) is 49.5 Å². The van der Waals surface area contributed by atoms with Crippen LogP contribution in [0.2, 0.25) is 0 Å². The zero-order valence-corrected chi connectivity index (χ0v) is 35.6. The molecule has 4 atom stereocenters. The van der Waals surface area contributed by atoms with E-state index < -0.39 is 22.8 Å². The molecule has 0 spiro atoms. The standard InChI is InChI=1S/2C23H25N3O5/c2*1-23(2)8-7-15-21(23)25-12-14(22(28)29)17(27)11-16(25)20-13-5-4-6-18(31-10-9-30-3)19(13)24-26(15)20/h2*4-6,11-12,15,21H,7-10H2,1-3H3,(H,28,29)/t2*15-,21-/m10/s1. The van der Waals surface area contributed by atoms with Crippen molar-refractivity contribution in [3.8, 4) is 34.3 Å². The topological polar surface area (TPSA) is 191 Å². The Morgan fingerprint density at radius 1 is 0.661 bits per heavy atom. The minimum Gasteiger partial charge on any atom is -0.489 e. The van der Waals surface area contributed by atoms with E-state index >= 15 is 0 Å². The Labute approximate surface area is 356 Å². The molecule has 0 radical (unpaired) electrons. The van der Waals surface area contributed by atoms with Gasteiger partial charge in [-0.05, 0) is 48.6 Å². The van der Waals surface area contributed by atoms with Gasteiger partial charge in [-0.3, -0.25) is 19.0 Å². The van der Waals surface area contributed by atoms with E-state index in [0.717, 1.165) is 58.9 Å². The van der Waals surface area contributed by atoms with Crippen LogP contribution in [0, 0.1) is 10.8 Å². The number of aromatic nitrogens is 6. The molecule has 2 aliphatic carbocycles. The van der Waals surface area contributed by atoms with Crippen molar-refractivity contribution in [1.29, 1.82) is 0 Å². The summed E-state index contributed by atoms with van der Waals surface area (Å²) in [6.45, 7) is 10.5. The lowest BCUT2D eigenvalue weighted by Gasteiger charge is -2.39. The fourth-order valence-corrected chi connectivity index (χ4v) is 10.5. The Morgan fingerprint density at radius 2 is 1.06 bits per heavy atom. The molecular weight excluding hydrogens is 797 g/mol. The van der Waals surface area contributed by atoms with E-state index in [1.165, 1.54) is 24.5 Å². The zero-order valence-electron chi connectivity index (χ0n) is 35.6. The number of nitrogens with zero attached hydrogens (tertiary/aromatic N) is 6. The smallest absolute Gasteiger partial charge is 0.341 e. The maximum atomic E-state index is 12.6. The number of hydrogen-bond donors (Lipinski definition) is 2. The molecule has 0 unspecified atom stereocenters. The number of carboxylic acids is 2. The van der Waals surface area contributed by atoms with Crippen molar-refractivity contribution in [2.45, 2.75) is 77.5 Å². The predicted octanol–water partition coefficient (Wildman–Crippen LogP) is 7.01. The molecule has 2 N–H and O–H groups in total. The normalized spacial score (nSPS) is 20.9. The van der Waals surface area contributed by atoms with E-state index in [4.69, 9.17) is 29.1 Å². The van der Waals surface area contributed by atoms with Crippen LogP contribution in [0.1, 0.15) is 98.3 Å². The quantitative estimate of drug-likeness (QED) is 0.134. The average molecular weight is 847 g/mol. The fraction of sp³-hybridized carbons (Fsp3) is 0.435. The minimum atomic E-state index is -1.20. The molecule has 0 bridgehead atoms. The molecule has 10 rings (SSSR count). The van der Waals surface area contributed by atoms with Crippen LogP contribution in [0.3, 0.4) is 0 Å². The van der Waals surface area contributed by atoms with Gasteiger partial charge >= 0.3 is 11.9 Å². The van der Waals surface area contributed by atoms with Crippen molar-refractivity contribution in [2.75, 3.05) is 40.6 Å². The monoisotopic (exact) mass is 846 g/mol. The maximum absolute atomic E-state index is 12.6. The maximum Gasteiger partial charge on any atom is 0.341 e. The molecule has 0 amide bonds. The fourth-order valence-electron chi connectivity index (χ4n) is 10.5.